The molecule has 0 aromatic heterocycles. The third kappa shape index (κ3) is 4.40. The number of halogens is 2. The van der Waals surface area contributed by atoms with Crippen molar-refractivity contribution in [1.29, 1.82) is 0 Å². The summed E-state index contributed by atoms with van der Waals surface area (Å²) in [5, 5.41) is 0. The van der Waals surface area contributed by atoms with E-state index in [0.717, 1.165) is 7.05 Å². The number of nitrogens with zero attached hydrogens (tertiary/aromatic N) is 1. The van der Waals surface area contributed by atoms with Crippen molar-refractivity contribution < 1.29 is 17.2 Å². The lowest BCUT2D eigenvalue weighted by atomic mass is 10.0. The molecule has 7 heteroatoms. The molecule has 0 aliphatic rings. The smallest absolute Gasteiger partial charge is 0.327 e. The summed E-state index contributed by atoms with van der Waals surface area (Å²) < 4.78 is 46.7. The first-order valence-electron chi connectivity index (χ1n) is 4.68. The summed E-state index contributed by atoms with van der Waals surface area (Å²) in [4.78, 5) is 0. The first-order valence-corrected chi connectivity index (χ1v) is 6.18. The molecule has 0 rings (SSSR count). The average molecular weight is 244 g/mol. The van der Waals surface area contributed by atoms with Crippen LogP contribution in [0.2, 0.25) is 0 Å². The molecule has 0 radical (unpaired) electrons. The van der Waals surface area contributed by atoms with Gasteiger partial charge in [0.15, 0.2) is 0 Å². The van der Waals surface area contributed by atoms with Gasteiger partial charge in [0.1, 0.15) is 0 Å². The van der Waals surface area contributed by atoms with Gasteiger partial charge in [0.25, 0.3) is 10.0 Å². The fourth-order valence-electron chi connectivity index (χ4n) is 0.927. The van der Waals surface area contributed by atoms with Crippen LogP contribution >= 0.6 is 0 Å². The lowest BCUT2D eigenvalue weighted by Crippen LogP contribution is -2.37. The van der Waals surface area contributed by atoms with Crippen LogP contribution in [0, 0.1) is 5.92 Å². The summed E-state index contributed by atoms with van der Waals surface area (Å²) in [6.07, 6.45) is 0.375. The molecule has 0 aromatic carbocycles. The molecular formula is C8H18F2N2O2S. The van der Waals surface area contributed by atoms with E-state index in [1.807, 2.05) is 13.8 Å². The second-order valence-corrected chi connectivity index (χ2v) is 5.83. The minimum absolute atomic E-state index is 0.0199. The molecule has 92 valence electrons. The van der Waals surface area contributed by atoms with Gasteiger partial charge in [0.2, 0.25) is 0 Å². The largest absolute Gasteiger partial charge is 0.350 e. The molecule has 2 N–H and O–H groups in total. The zero-order valence-corrected chi connectivity index (χ0v) is 9.97. The average Bonchev–Trinajstić information content (AvgIpc) is 2.12. The Bertz CT molecular complexity index is 280. The Kier molecular flexibility index (Phi) is 5.61. The number of alkyl halides is 2. The predicted molar refractivity (Wildman–Crippen MR) is 55.0 cm³/mol. The van der Waals surface area contributed by atoms with Crippen LogP contribution in [0.25, 0.3) is 0 Å². The molecular weight excluding hydrogens is 226 g/mol. The zero-order valence-electron chi connectivity index (χ0n) is 9.15. The van der Waals surface area contributed by atoms with Crippen molar-refractivity contribution >= 4 is 10.0 Å². The van der Waals surface area contributed by atoms with Gasteiger partial charge < -0.3 is 5.73 Å². The van der Waals surface area contributed by atoms with E-state index in [0.29, 0.717) is 10.7 Å². The van der Waals surface area contributed by atoms with Gasteiger partial charge in [-0.15, -0.1) is 0 Å². The topological polar surface area (TPSA) is 63.4 Å². The third-order valence-electron chi connectivity index (χ3n) is 2.29. The molecule has 0 fully saturated rings. The fraction of sp³-hybridized carbons (Fsp3) is 1.00. The van der Waals surface area contributed by atoms with Crippen LogP contribution in [0.5, 0.6) is 0 Å². The first kappa shape index (κ1) is 14.7. The fourth-order valence-corrected chi connectivity index (χ4v) is 1.56. The number of hydrogen-bond acceptors (Lipinski definition) is 3. The highest BCUT2D eigenvalue weighted by atomic mass is 32.2. The first-order chi connectivity index (χ1) is 6.69. The van der Waals surface area contributed by atoms with E-state index in [4.69, 9.17) is 5.73 Å². The minimum atomic E-state index is -4.45. The summed E-state index contributed by atoms with van der Waals surface area (Å²) in [6.45, 7) is 3.81. The van der Waals surface area contributed by atoms with Crippen molar-refractivity contribution in [3.8, 4) is 0 Å². The van der Waals surface area contributed by atoms with Crippen LogP contribution in [0.1, 0.15) is 20.3 Å². The molecule has 1 atom stereocenters. The maximum atomic E-state index is 12.1. The van der Waals surface area contributed by atoms with Crippen LogP contribution < -0.4 is 5.73 Å². The van der Waals surface area contributed by atoms with E-state index >= 15 is 0 Å². The SMILES string of the molecule is CC(C)C(N)CCN(C)S(=O)(=O)C(F)F. The molecule has 0 aliphatic carbocycles. The van der Waals surface area contributed by atoms with Gasteiger partial charge in [-0.05, 0) is 12.3 Å². The van der Waals surface area contributed by atoms with Gasteiger partial charge in [0, 0.05) is 19.6 Å². The Morgan fingerprint density at radius 3 is 2.13 bits per heavy atom. The van der Waals surface area contributed by atoms with Gasteiger partial charge in [-0.1, -0.05) is 13.8 Å². The normalized spacial score (nSPS) is 15.3. The predicted octanol–water partition coefficient (Wildman–Crippen LogP) is 0.844. The Morgan fingerprint density at radius 1 is 1.33 bits per heavy atom. The Hall–Kier alpha value is -0.270. The van der Waals surface area contributed by atoms with Gasteiger partial charge in [0.05, 0.1) is 0 Å². The molecule has 0 bridgehead atoms. The quantitative estimate of drug-likeness (QED) is 0.753. The lowest BCUT2D eigenvalue weighted by Gasteiger charge is -2.20. The second-order valence-electron chi connectivity index (χ2n) is 3.82. The molecule has 1 unspecified atom stereocenters. The van der Waals surface area contributed by atoms with Crippen molar-refractivity contribution in [2.45, 2.75) is 32.1 Å². The minimum Gasteiger partial charge on any atom is -0.327 e. The van der Waals surface area contributed by atoms with E-state index in [1.165, 1.54) is 0 Å². The van der Waals surface area contributed by atoms with Crippen LogP contribution in [-0.2, 0) is 10.0 Å². The van der Waals surface area contributed by atoms with Gasteiger partial charge in [-0.3, -0.25) is 0 Å². The number of sulfonamides is 1. The molecule has 15 heavy (non-hydrogen) atoms. The van der Waals surface area contributed by atoms with Crippen molar-refractivity contribution in [2.75, 3.05) is 13.6 Å². The van der Waals surface area contributed by atoms with Gasteiger partial charge in [-0.2, -0.15) is 13.1 Å². The summed E-state index contributed by atoms with van der Waals surface area (Å²) >= 11 is 0. The van der Waals surface area contributed by atoms with Crippen molar-refractivity contribution in [3.05, 3.63) is 0 Å². The van der Waals surface area contributed by atoms with Gasteiger partial charge >= 0.3 is 5.76 Å². The van der Waals surface area contributed by atoms with E-state index < -0.39 is 15.8 Å². The number of rotatable bonds is 6. The highest BCUT2D eigenvalue weighted by Crippen LogP contribution is 2.11. The number of hydrogen-bond donors (Lipinski definition) is 1. The molecule has 0 saturated carbocycles. The van der Waals surface area contributed by atoms with E-state index in [-0.39, 0.29) is 18.5 Å². The lowest BCUT2D eigenvalue weighted by molar-refractivity contribution is 0.221. The summed E-state index contributed by atoms with van der Waals surface area (Å²) in [6, 6.07) is -0.180. The Morgan fingerprint density at radius 2 is 1.80 bits per heavy atom. The monoisotopic (exact) mass is 244 g/mol. The summed E-state index contributed by atoms with van der Waals surface area (Å²) in [5.41, 5.74) is 5.68. The molecule has 0 amide bonds. The molecule has 0 aliphatic heterocycles. The molecule has 0 aromatic rings. The standard InChI is InChI=1S/C8H18F2N2O2S/c1-6(2)7(11)4-5-12(3)15(13,14)8(9)10/h6-8H,4-5,11H2,1-3H3. The van der Waals surface area contributed by atoms with Crippen LogP contribution in [0.3, 0.4) is 0 Å². The summed E-state index contributed by atoms with van der Waals surface area (Å²) in [7, 11) is -3.32. The Labute approximate surface area is 89.5 Å². The van der Waals surface area contributed by atoms with Crippen molar-refractivity contribution in [2.24, 2.45) is 11.7 Å². The number of nitrogens with two attached hydrogens (primary N) is 1. The molecule has 0 spiro atoms. The highest BCUT2D eigenvalue weighted by molar-refractivity contribution is 7.89. The molecule has 4 nitrogen and oxygen atoms in total. The van der Waals surface area contributed by atoms with Crippen molar-refractivity contribution in [1.82, 2.24) is 4.31 Å². The van der Waals surface area contributed by atoms with Crippen LogP contribution in [-0.4, -0.2) is 38.1 Å². The van der Waals surface area contributed by atoms with E-state index in [1.54, 1.807) is 0 Å². The second kappa shape index (κ2) is 5.72. The van der Waals surface area contributed by atoms with Crippen LogP contribution in [0.4, 0.5) is 8.78 Å². The van der Waals surface area contributed by atoms with Crippen LogP contribution in [0.15, 0.2) is 0 Å². The zero-order chi connectivity index (χ0) is 12.2. The third-order valence-corrected chi connectivity index (χ3v) is 3.79. The molecule has 0 saturated heterocycles. The molecule has 0 heterocycles. The van der Waals surface area contributed by atoms with E-state index in [2.05, 4.69) is 0 Å². The maximum absolute atomic E-state index is 12.1. The van der Waals surface area contributed by atoms with E-state index in [9.17, 15) is 17.2 Å². The van der Waals surface area contributed by atoms with Gasteiger partial charge in [-0.25, -0.2) is 8.42 Å². The Balaban J connectivity index is 4.22. The maximum Gasteiger partial charge on any atom is 0.350 e. The van der Waals surface area contributed by atoms with Crippen molar-refractivity contribution in [3.63, 3.8) is 0 Å². The highest BCUT2D eigenvalue weighted by Gasteiger charge is 2.29. The summed E-state index contributed by atoms with van der Waals surface area (Å²) in [5.74, 6) is -3.16.